The smallest absolute Gasteiger partial charge is 0.244 e. The van der Waals surface area contributed by atoms with Gasteiger partial charge in [-0.2, -0.15) is 0 Å². The van der Waals surface area contributed by atoms with Crippen molar-refractivity contribution >= 4 is 33.2 Å². The zero-order valence-electron chi connectivity index (χ0n) is 10.0. The first kappa shape index (κ1) is 15.0. The quantitative estimate of drug-likeness (QED) is 0.928. The van der Waals surface area contributed by atoms with Gasteiger partial charge in [0.1, 0.15) is 10.7 Å². The van der Waals surface area contributed by atoms with E-state index in [1.165, 1.54) is 0 Å². The predicted molar refractivity (Wildman–Crippen MR) is 70.6 cm³/mol. The first-order chi connectivity index (χ1) is 8.73. The average Bonchev–Trinajstić information content (AvgIpc) is 2.60. The fourth-order valence-electron chi connectivity index (χ4n) is 1.91. The van der Waals surface area contributed by atoms with Gasteiger partial charge < -0.3 is 4.74 Å². The molecule has 0 spiro atoms. The van der Waals surface area contributed by atoms with Crippen LogP contribution in [-0.4, -0.2) is 27.2 Å². The fraction of sp³-hybridized carbons (Fsp3) is 0.455. The lowest BCUT2D eigenvalue weighted by atomic mass is 10.0. The Balaban J connectivity index is 2.40. The minimum absolute atomic E-state index is 0.250. The maximum atomic E-state index is 13.1. The van der Waals surface area contributed by atoms with E-state index < -0.39 is 21.4 Å². The van der Waals surface area contributed by atoms with Crippen LogP contribution in [0.5, 0.6) is 0 Å². The van der Waals surface area contributed by atoms with Gasteiger partial charge in [0.15, 0.2) is 0 Å². The molecule has 1 heterocycles. The van der Waals surface area contributed by atoms with Crippen molar-refractivity contribution in [2.24, 2.45) is 0 Å². The van der Waals surface area contributed by atoms with E-state index in [4.69, 9.17) is 27.9 Å². The van der Waals surface area contributed by atoms with E-state index in [1.54, 1.807) is 6.92 Å². The molecular weight excluding hydrogens is 316 g/mol. The van der Waals surface area contributed by atoms with Gasteiger partial charge in [0.25, 0.3) is 0 Å². The van der Waals surface area contributed by atoms with Crippen molar-refractivity contribution in [2.75, 3.05) is 13.2 Å². The van der Waals surface area contributed by atoms with Crippen LogP contribution in [0.3, 0.4) is 0 Å². The number of hydrogen-bond acceptors (Lipinski definition) is 3. The molecule has 0 radical (unpaired) electrons. The number of nitrogens with one attached hydrogen (secondary N) is 1. The van der Waals surface area contributed by atoms with Gasteiger partial charge in [-0.15, -0.1) is 0 Å². The largest absolute Gasteiger partial charge is 0.379 e. The molecule has 1 aromatic carbocycles. The molecule has 0 bridgehead atoms. The first-order valence-electron chi connectivity index (χ1n) is 5.50. The molecule has 1 saturated heterocycles. The van der Waals surface area contributed by atoms with Crippen LogP contribution in [0.25, 0.3) is 0 Å². The van der Waals surface area contributed by atoms with Crippen LogP contribution in [0.4, 0.5) is 4.39 Å². The zero-order chi connectivity index (χ0) is 14.3. The van der Waals surface area contributed by atoms with Crippen molar-refractivity contribution in [1.82, 2.24) is 4.72 Å². The molecule has 1 atom stereocenters. The fourth-order valence-corrected chi connectivity index (χ4v) is 4.52. The second-order valence-electron chi connectivity index (χ2n) is 4.67. The molecule has 1 unspecified atom stereocenters. The third kappa shape index (κ3) is 3.20. The maximum Gasteiger partial charge on any atom is 0.244 e. The normalized spacial score (nSPS) is 23.8. The molecule has 0 aromatic heterocycles. The van der Waals surface area contributed by atoms with Crippen LogP contribution >= 0.6 is 23.2 Å². The topological polar surface area (TPSA) is 55.4 Å². The Bertz CT molecular complexity index is 577. The monoisotopic (exact) mass is 327 g/mol. The highest BCUT2D eigenvalue weighted by Crippen LogP contribution is 2.32. The van der Waals surface area contributed by atoms with Crippen molar-refractivity contribution in [3.8, 4) is 0 Å². The third-order valence-corrected chi connectivity index (χ3v) is 5.39. The van der Waals surface area contributed by atoms with Crippen molar-refractivity contribution in [2.45, 2.75) is 23.8 Å². The van der Waals surface area contributed by atoms with Crippen LogP contribution in [0.15, 0.2) is 17.0 Å². The highest BCUT2D eigenvalue weighted by atomic mass is 35.5. The Morgan fingerprint density at radius 1 is 1.37 bits per heavy atom. The van der Waals surface area contributed by atoms with Crippen molar-refractivity contribution in [3.63, 3.8) is 0 Å². The Kier molecular flexibility index (Phi) is 4.09. The minimum Gasteiger partial charge on any atom is -0.379 e. The van der Waals surface area contributed by atoms with Crippen molar-refractivity contribution in [1.29, 1.82) is 0 Å². The summed E-state index contributed by atoms with van der Waals surface area (Å²) in [7, 11) is -3.94. The van der Waals surface area contributed by atoms with E-state index in [1.807, 2.05) is 0 Å². The standard InChI is InChI=1S/C11H12Cl2FNO3S/c1-11(2-3-18-6-11)15-19(16,17)10-8(12)4-7(14)5-9(10)13/h4-5,15H,2-3,6H2,1H3. The lowest BCUT2D eigenvalue weighted by Gasteiger charge is -2.23. The summed E-state index contributed by atoms with van der Waals surface area (Å²) in [6.45, 7) is 2.47. The van der Waals surface area contributed by atoms with E-state index in [0.717, 1.165) is 12.1 Å². The van der Waals surface area contributed by atoms with Gasteiger partial charge >= 0.3 is 0 Å². The number of ether oxygens (including phenoxy) is 1. The number of sulfonamides is 1. The molecule has 1 aliphatic heterocycles. The molecule has 0 amide bonds. The van der Waals surface area contributed by atoms with E-state index in [-0.39, 0.29) is 21.5 Å². The highest BCUT2D eigenvalue weighted by molar-refractivity contribution is 7.89. The van der Waals surface area contributed by atoms with Crippen LogP contribution in [0.2, 0.25) is 10.0 Å². The van der Waals surface area contributed by atoms with Gasteiger partial charge in [0.05, 0.1) is 22.2 Å². The van der Waals surface area contributed by atoms with E-state index >= 15 is 0 Å². The Morgan fingerprint density at radius 2 is 1.95 bits per heavy atom. The summed E-state index contributed by atoms with van der Waals surface area (Å²) in [5, 5.41) is -0.500. The second kappa shape index (κ2) is 5.18. The van der Waals surface area contributed by atoms with Crippen LogP contribution < -0.4 is 4.72 Å². The lowest BCUT2D eigenvalue weighted by molar-refractivity contribution is 0.178. The molecule has 19 heavy (non-hydrogen) atoms. The molecule has 4 nitrogen and oxygen atoms in total. The second-order valence-corrected chi connectivity index (χ2v) is 7.10. The molecule has 1 aromatic rings. The van der Waals surface area contributed by atoms with Crippen molar-refractivity contribution < 1.29 is 17.5 Å². The first-order valence-corrected chi connectivity index (χ1v) is 7.74. The summed E-state index contributed by atoms with van der Waals surface area (Å²) in [4.78, 5) is -0.314. The van der Waals surface area contributed by atoms with E-state index in [2.05, 4.69) is 4.72 Å². The predicted octanol–water partition coefficient (Wildman–Crippen LogP) is 2.59. The van der Waals surface area contributed by atoms with Gasteiger partial charge in [-0.1, -0.05) is 23.2 Å². The summed E-state index contributed by atoms with van der Waals surface area (Å²) < 4.78 is 45.3. The Hall–Kier alpha value is -0.400. The van der Waals surface area contributed by atoms with Gasteiger partial charge in [-0.05, 0) is 25.5 Å². The van der Waals surface area contributed by atoms with Gasteiger partial charge in [-0.3, -0.25) is 0 Å². The van der Waals surface area contributed by atoms with Gasteiger partial charge in [0.2, 0.25) is 10.0 Å². The average molecular weight is 328 g/mol. The molecule has 2 rings (SSSR count). The minimum atomic E-state index is -3.94. The van der Waals surface area contributed by atoms with Crippen LogP contribution in [-0.2, 0) is 14.8 Å². The summed E-state index contributed by atoms with van der Waals surface area (Å²) in [6, 6.07) is 1.82. The van der Waals surface area contributed by atoms with E-state index in [9.17, 15) is 12.8 Å². The van der Waals surface area contributed by atoms with Crippen molar-refractivity contribution in [3.05, 3.63) is 28.0 Å². The summed E-state index contributed by atoms with van der Waals surface area (Å²) in [6.07, 6.45) is 0.544. The zero-order valence-corrected chi connectivity index (χ0v) is 12.4. The molecule has 1 aliphatic rings. The SMILES string of the molecule is CC1(NS(=O)(=O)c2c(Cl)cc(F)cc2Cl)CCOC1. The van der Waals surface area contributed by atoms with Gasteiger partial charge in [0, 0.05) is 6.61 Å². The molecule has 0 saturated carbocycles. The maximum absolute atomic E-state index is 13.1. The molecule has 0 aliphatic carbocycles. The number of halogens is 3. The number of benzene rings is 1. The molecule has 1 N–H and O–H groups in total. The molecular formula is C11H12Cl2FNO3S. The molecule has 106 valence electrons. The Morgan fingerprint density at radius 3 is 2.42 bits per heavy atom. The van der Waals surface area contributed by atoms with Crippen LogP contribution in [0.1, 0.15) is 13.3 Å². The third-order valence-electron chi connectivity index (χ3n) is 2.83. The summed E-state index contributed by atoms with van der Waals surface area (Å²) >= 11 is 11.6. The number of hydrogen-bond donors (Lipinski definition) is 1. The molecule has 8 heteroatoms. The summed E-state index contributed by atoms with van der Waals surface area (Å²) in [5.41, 5.74) is -0.708. The van der Waals surface area contributed by atoms with E-state index in [0.29, 0.717) is 13.0 Å². The molecule has 1 fully saturated rings. The number of rotatable bonds is 3. The van der Waals surface area contributed by atoms with Crippen LogP contribution in [0, 0.1) is 5.82 Å². The Labute approximate surface area is 120 Å². The lowest BCUT2D eigenvalue weighted by Crippen LogP contribution is -2.46. The summed E-state index contributed by atoms with van der Waals surface area (Å²) in [5.74, 6) is -0.690. The van der Waals surface area contributed by atoms with Gasteiger partial charge in [-0.25, -0.2) is 17.5 Å². The highest BCUT2D eigenvalue weighted by Gasteiger charge is 2.36.